The Morgan fingerprint density at radius 2 is 2.24 bits per heavy atom. The van der Waals surface area contributed by atoms with Crippen LogP contribution in [-0.4, -0.2) is 24.6 Å². The Kier molecular flexibility index (Phi) is 3.24. The van der Waals surface area contributed by atoms with E-state index in [0.29, 0.717) is 16.3 Å². The molecule has 1 atom stereocenters. The molecule has 0 N–H and O–H groups in total. The minimum atomic E-state index is -0.827. The van der Waals surface area contributed by atoms with Crippen molar-refractivity contribution in [2.75, 3.05) is 6.61 Å². The highest BCUT2D eigenvalue weighted by Crippen LogP contribution is 2.34. The molecule has 17 heavy (non-hydrogen) atoms. The van der Waals surface area contributed by atoms with Crippen LogP contribution < -0.4 is 0 Å². The Morgan fingerprint density at radius 3 is 2.94 bits per heavy atom. The van der Waals surface area contributed by atoms with Crippen LogP contribution >= 0.6 is 11.6 Å². The van der Waals surface area contributed by atoms with Crippen molar-refractivity contribution in [1.29, 1.82) is 0 Å². The zero-order valence-corrected chi connectivity index (χ0v) is 9.90. The summed E-state index contributed by atoms with van der Waals surface area (Å²) < 4.78 is 4.68. The number of nitrogens with zero attached hydrogens (tertiary/aromatic N) is 1. The quantitative estimate of drug-likeness (QED) is 0.612. The molecule has 4 nitrogen and oxygen atoms in total. The first-order valence-electron chi connectivity index (χ1n) is 5.18. The predicted molar refractivity (Wildman–Crippen MR) is 64.0 cm³/mol. The van der Waals surface area contributed by atoms with Crippen LogP contribution in [0.4, 0.5) is 5.69 Å². The summed E-state index contributed by atoms with van der Waals surface area (Å²) in [5.41, 5.74) is 1.31. The fourth-order valence-corrected chi connectivity index (χ4v) is 1.83. The van der Waals surface area contributed by atoms with E-state index >= 15 is 0 Å². The third kappa shape index (κ3) is 2.22. The van der Waals surface area contributed by atoms with Crippen molar-refractivity contribution in [2.24, 2.45) is 4.99 Å². The highest BCUT2D eigenvalue weighted by molar-refractivity contribution is 6.40. The van der Waals surface area contributed by atoms with Gasteiger partial charge in [-0.15, -0.1) is 0 Å². The third-order valence-electron chi connectivity index (χ3n) is 2.45. The molecular formula is C12H10ClNO3. The van der Waals surface area contributed by atoms with Crippen molar-refractivity contribution in [3.63, 3.8) is 0 Å². The zero-order chi connectivity index (χ0) is 12.4. The van der Waals surface area contributed by atoms with Crippen molar-refractivity contribution in [2.45, 2.75) is 12.8 Å². The first-order valence-corrected chi connectivity index (χ1v) is 5.56. The largest absolute Gasteiger partial charge is 0.460 e. The highest BCUT2D eigenvalue weighted by atomic mass is 35.5. The zero-order valence-electron chi connectivity index (χ0n) is 9.14. The maximum absolute atomic E-state index is 11.8. The number of benzene rings is 1. The van der Waals surface area contributed by atoms with Crippen LogP contribution in [0.3, 0.4) is 0 Å². The molecule has 0 saturated heterocycles. The molecule has 1 aromatic rings. The number of esters is 1. The number of carbonyl (C=O) groups excluding carboxylic acids is 2. The first kappa shape index (κ1) is 11.8. The van der Waals surface area contributed by atoms with Crippen molar-refractivity contribution >= 4 is 35.3 Å². The lowest BCUT2D eigenvalue weighted by Gasteiger charge is -2.07. The van der Waals surface area contributed by atoms with Crippen LogP contribution in [0.5, 0.6) is 0 Å². The molecule has 0 aliphatic carbocycles. The maximum atomic E-state index is 11.8. The van der Waals surface area contributed by atoms with Gasteiger partial charge < -0.3 is 4.74 Å². The van der Waals surface area contributed by atoms with Gasteiger partial charge in [0.25, 0.3) is 5.78 Å². The third-order valence-corrected chi connectivity index (χ3v) is 2.68. The second-order valence-corrected chi connectivity index (χ2v) is 3.98. The van der Waals surface area contributed by atoms with Gasteiger partial charge in [0.15, 0.2) is 0 Å². The number of halogens is 1. The lowest BCUT2D eigenvalue weighted by atomic mass is 9.97. The van der Waals surface area contributed by atoms with Crippen molar-refractivity contribution in [3.8, 4) is 0 Å². The molecule has 0 radical (unpaired) electrons. The smallest absolute Gasteiger partial charge is 0.375 e. The molecule has 0 aromatic heterocycles. The number of ether oxygens (including phenoxy) is 1. The summed E-state index contributed by atoms with van der Waals surface area (Å²) in [6, 6.07) is 5.03. The highest BCUT2D eigenvalue weighted by Gasteiger charge is 2.31. The molecule has 1 aliphatic rings. The van der Waals surface area contributed by atoms with Gasteiger partial charge in [0.1, 0.15) is 0 Å². The van der Waals surface area contributed by atoms with Gasteiger partial charge in [-0.05, 0) is 24.6 Å². The Balaban J connectivity index is 2.25. The number of fused-ring (bicyclic) bond motifs is 1. The fraction of sp³-hybridized carbons (Fsp3) is 0.250. The maximum Gasteiger partial charge on any atom is 0.375 e. The number of carbonyl (C=O) groups is 2. The van der Waals surface area contributed by atoms with E-state index < -0.39 is 17.7 Å². The second kappa shape index (κ2) is 4.67. The van der Waals surface area contributed by atoms with E-state index in [4.69, 9.17) is 11.6 Å². The molecule has 5 heteroatoms. The molecule has 88 valence electrons. The molecule has 1 unspecified atom stereocenters. The number of hydrogen-bond acceptors (Lipinski definition) is 4. The summed E-state index contributed by atoms with van der Waals surface area (Å²) in [5, 5.41) is 0.546. The van der Waals surface area contributed by atoms with E-state index in [1.807, 2.05) is 0 Å². The van der Waals surface area contributed by atoms with E-state index in [9.17, 15) is 9.59 Å². The Hall–Kier alpha value is -1.68. The molecule has 2 rings (SSSR count). The molecule has 0 saturated carbocycles. The summed E-state index contributed by atoms with van der Waals surface area (Å²) >= 11 is 5.81. The van der Waals surface area contributed by atoms with Gasteiger partial charge in [0.05, 0.1) is 18.2 Å². The second-order valence-electron chi connectivity index (χ2n) is 3.54. The van der Waals surface area contributed by atoms with Gasteiger partial charge in [0, 0.05) is 11.2 Å². The molecule has 1 heterocycles. The summed E-state index contributed by atoms with van der Waals surface area (Å²) in [6.07, 6.45) is 1.44. The molecule has 1 aliphatic heterocycles. The topological polar surface area (TPSA) is 55.7 Å². The van der Waals surface area contributed by atoms with E-state index in [1.54, 1.807) is 25.1 Å². The SMILES string of the molecule is CCOC(=O)C(=O)C1C=Nc2cc(Cl)ccc21. The lowest BCUT2D eigenvalue weighted by Crippen LogP contribution is -2.24. The molecule has 0 amide bonds. The number of hydrogen-bond donors (Lipinski definition) is 0. The summed E-state index contributed by atoms with van der Waals surface area (Å²) in [5.74, 6) is -2.08. The van der Waals surface area contributed by atoms with Crippen LogP contribution in [0.25, 0.3) is 0 Å². The number of rotatable bonds is 3. The average molecular weight is 252 g/mol. The van der Waals surface area contributed by atoms with Gasteiger partial charge in [-0.1, -0.05) is 17.7 Å². The Morgan fingerprint density at radius 1 is 1.47 bits per heavy atom. The van der Waals surface area contributed by atoms with Gasteiger partial charge in [-0.2, -0.15) is 0 Å². The molecule has 0 fully saturated rings. The summed E-state index contributed by atoms with van der Waals surface area (Å²) in [6.45, 7) is 1.84. The van der Waals surface area contributed by atoms with Crippen LogP contribution in [-0.2, 0) is 14.3 Å². The minimum absolute atomic E-state index is 0.182. The van der Waals surface area contributed by atoms with Crippen molar-refractivity contribution in [1.82, 2.24) is 0 Å². The normalized spacial score (nSPS) is 16.7. The fourth-order valence-electron chi connectivity index (χ4n) is 1.66. The molecular weight excluding hydrogens is 242 g/mol. The number of ketones is 1. The van der Waals surface area contributed by atoms with Gasteiger partial charge in [-0.25, -0.2) is 4.79 Å². The van der Waals surface area contributed by atoms with Crippen LogP contribution in [0.1, 0.15) is 18.4 Å². The molecule has 0 spiro atoms. The number of aliphatic imine (C=N–C) groups is 1. The Labute approximate surface area is 103 Å². The average Bonchev–Trinajstić information content (AvgIpc) is 2.71. The number of Topliss-reactive ketones (excluding diaryl/α,β-unsaturated/α-hetero) is 1. The van der Waals surface area contributed by atoms with Crippen molar-refractivity contribution in [3.05, 3.63) is 28.8 Å². The van der Waals surface area contributed by atoms with Gasteiger partial charge in [0.2, 0.25) is 0 Å². The Bertz CT molecular complexity index is 510. The summed E-state index contributed by atoms with van der Waals surface area (Å²) in [4.78, 5) is 27.2. The monoisotopic (exact) mass is 251 g/mol. The predicted octanol–water partition coefficient (Wildman–Crippen LogP) is 2.27. The van der Waals surface area contributed by atoms with Gasteiger partial charge >= 0.3 is 5.97 Å². The van der Waals surface area contributed by atoms with Crippen LogP contribution in [0.15, 0.2) is 23.2 Å². The lowest BCUT2D eigenvalue weighted by molar-refractivity contribution is -0.153. The van der Waals surface area contributed by atoms with E-state index in [2.05, 4.69) is 9.73 Å². The van der Waals surface area contributed by atoms with Crippen LogP contribution in [0, 0.1) is 0 Å². The van der Waals surface area contributed by atoms with Crippen LogP contribution in [0.2, 0.25) is 5.02 Å². The molecule has 0 bridgehead atoms. The van der Waals surface area contributed by atoms with Crippen molar-refractivity contribution < 1.29 is 14.3 Å². The minimum Gasteiger partial charge on any atom is -0.460 e. The van der Waals surface area contributed by atoms with E-state index in [0.717, 1.165) is 0 Å². The van der Waals surface area contributed by atoms with E-state index in [-0.39, 0.29) is 6.61 Å². The first-order chi connectivity index (χ1) is 8.13. The van der Waals surface area contributed by atoms with Gasteiger partial charge in [-0.3, -0.25) is 9.79 Å². The summed E-state index contributed by atoms with van der Waals surface area (Å²) in [7, 11) is 0. The standard InChI is InChI=1S/C12H10ClNO3/c1-2-17-12(16)11(15)9-6-14-10-5-7(13)3-4-8(9)10/h3-6,9H,2H2,1H3. The molecule has 1 aromatic carbocycles. The van der Waals surface area contributed by atoms with E-state index in [1.165, 1.54) is 6.21 Å².